The predicted octanol–water partition coefficient (Wildman–Crippen LogP) is 11.2. The van der Waals surface area contributed by atoms with Gasteiger partial charge in [-0.05, 0) is 70.0 Å². The molecule has 3 heterocycles. The van der Waals surface area contributed by atoms with Crippen LogP contribution in [0.15, 0.2) is 182 Å². The van der Waals surface area contributed by atoms with Gasteiger partial charge in [0.05, 0.1) is 11.4 Å². The van der Waals surface area contributed by atoms with Gasteiger partial charge in [-0.1, -0.05) is 97.1 Å². The summed E-state index contributed by atoms with van der Waals surface area (Å²) >= 11 is 0. The van der Waals surface area contributed by atoms with Crippen LogP contribution in [0.25, 0.3) is 44.8 Å². The van der Waals surface area contributed by atoms with E-state index < -0.39 is 5.41 Å². The van der Waals surface area contributed by atoms with Crippen molar-refractivity contribution in [1.29, 1.82) is 0 Å². The summed E-state index contributed by atoms with van der Waals surface area (Å²) in [6.07, 6.45) is 0. The summed E-state index contributed by atoms with van der Waals surface area (Å²) in [5.41, 5.74) is 10.6. The number of aromatic nitrogens is 2. The summed E-state index contributed by atoms with van der Waals surface area (Å²) in [6.45, 7) is 0. The summed E-state index contributed by atoms with van der Waals surface area (Å²) in [4.78, 5) is 11.0. The fourth-order valence-electron chi connectivity index (χ4n) is 7.08. The summed E-state index contributed by atoms with van der Waals surface area (Å²) < 4.78 is 6.82. The van der Waals surface area contributed by atoms with E-state index in [0.717, 1.165) is 78.8 Å². The van der Waals surface area contributed by atoms with Gasteiger partial charge in [0, 0.05) is 11.1 Å². The van der Waals surface area contributed by atoms with E-state index in [2.05, 4.69) is 133 Å². The van der Waals surface area contributed by atoms with Crippen molar-refractivity contribution in [1.82, 2.24) is 9.97 Å². The van der Waals surface area contributed by atoms with Crippen LogP contribution >= 0.6 is 0 Å². The average molecular weight is 834 g/mol. The molecule has 0 radical (unpaired) electrons. The van der Waals surface area contributed by atoms with E-state index in [1.54, 1.807) is 0 Å². The number of ether oxygens (including phenoxy) is 1. The molecule has 2 aromatic heterocycles. The molecule has 0 aliphatic carbocycles. The number of hydrogen-bond acceptors (Lipinski definition) is 3. The largest absolute Gasteiger partial charge is 2.00 e. The van der Waals surface area contributed by atoms with Crippen molar-refractivity contribution in [3.63, 3.8) is 0 Å². The standard InChI is InChI=1S/C47H30N2O.Pt/c1-5-15-33(16-6-1)37-27-29-43-39(31-37)47(45-25-13-23-41(48-45)35-19-9-3-10-20-35,46-26-14-24-42(49-46)36-21-11-4-12-22-36)40-32-38(28-30-44(40)50-43)34-17-7-2-8-18-34;/h1-19,21,23-32H;/q-2;+2. The Bertz CT molecular complexity index is 2280. The van der Waals surface area contributed by atoms with Crippen molar-refractivity contribution in [2.24, 2.45) is 0 Å². The minimum absolute atomic E-state index is 0. The van der Waals surface area contributed by atoms with Crippen LogP contribution in [0.1, 0.15) is 22.5 Å². The van der Waals surface area contributed by atoms with Gasteiger partial charge in [0.25, 0.3) is 0 Å². The molecule has 3 nitrogen and oxygen atoms in total. The van der Waals surface area contributed by atoms with Crippen LogP contribution in [-0.2, 0) is 26.5 Å². The summed E-state index contributed by atoms with van der Waals surface area (Å²) in [5.74, 6) is 1.53. The average Bonchev–Trinajstić information content (AvgIpc) is 3.21. The summed E-state index contributed by atoms with van der Waals surface area (Å²) in [7, 11) is 0. The Labute approximate surface area is 312 Å². The van der Waals surface area contributed by atoms with Gasteiger partial charge in [0.1, 0.15) is 16.9 Å². The third-order valence-electron chi connectivity index (χ3n) is 9.44. The zero-order valence-electron chi connectivity index (χ0n) is 27.4. The molecule has 0 saturated heterocycles. The Morgan fingerprint density at radius 3 is 1.29 bits per heavy atom. The zero-order chi connectivity index (χ0) is 33.3. The molecule has 0 unspecified atom stereocenters. The van der Waals surface area contributed by atoms with Gasteiger partial charge in [0.2, 0.25) is 0 Å². The minimum atomic E-state index is -0.964. The van der Waals surface area contributed by atoms with Crippen molar-refractivity contribution in [2.75, 3.05) is 0 Å². The summed E-state index contributed by atoms with van der Waals surface area (Å²) in [6, 6.07) is 69.2. The molecule has 51 heavy (non-hydrogen) atoms. The smallest absolute Gasteiger partial charge is 0.457 e. The number of fused-ring (bicyclic) bond motifs is 2. The van der Waals surface area contributed by atoms with Crippen LogP contribution in [-0.4, -0.2) is 9.97 Å². The van der Waals surface area contributed by atoms with E-state index in [9.17, 15) is 0 Å². The molecule has 0 bridgehead atoms. The quantitative estimate of drug-likeness (QED) is 0.157. The Kier molecular flexibility index (Phi) is 8.74. The number of hydrogen-bond donors (Lipinski definition) is 0. The van der Waals surface area contributed by atoms with Gasteiger partial charge >= 0.3 is 21.1 Å². The zero-order valence-corrected chi connectivity index (χ0v) is 29.7. The van der Waals surface area contributed by atoms with Crippen molar-refractivity contribution >= 4 is 0 Å². The molecule has 9 rings (SSSR count). The fraction of sp³-hybridized carbons (Fsp3) is 0.0213. The molecule has 4 heteroatoms. The molecule has 1 aliphatic heterocycles. The van der Waals surface area contributed by atoms with Crippen LogP contribution in [0.3, 0.4) is 0 Å². The van der Waals surface area contributed by atoms with Gasteiger partial charge in [-0.25, -0.2) is 0 Å². The van der Waals surface area contributed by atoms with Gasteiger partial charge in [-0.3, -0.25) is 9.97 Å². The molecule has 0 N–H and O–H groups in total. The van der Waals surface area contributed by atoms with E-state index in [-0.39, 0.29) is 21.1 Å². The number of pyridine rings is 2. The third-order valence-corrected chi connectivity index (χ3v) is 9.44. The monoisotopic (exact) mass is 833 g/mol. The van der Waals surface area contributed by atoms with Crippen LogP contribution in [0, 0.1) is 12.1 Å². The van der Waals surface area contributed by atoms with Crippen molar-refractivity contribution in [2.45, 2.75) is 5.41 Å². The van der Waals surface area contributed by atoms with Crippen molar-refractivity contribution in [3.05, 3.63) is 217 Å². The second-order valence-corrected chi connectivity index (χ2v) is 12.4. The normalized spacial score (nSPS) is 12.5. The van der Waals surface area contributed by atoms with Crippen molar-refractivity contribution < 1.29 is 25.8 Å². The second kappa shape index (κ2) is 13.8. The molecule has 0 saturated carbocycles. The van der Waals surface area contributed by atoms with E-state index >= 15 is 0 Å². The molecule has 8 aromatic rings. The maximum absolute atomic E-state index is 6.82. The number of nitrogens with zero attached hydrogens (tertiary/aromatic N) is 2. The Morgan fingerprint density at radius 1 is 0.412 bits per heavy atom. The Hall–Kier alpha value is -5.89. The van der Waals surface area contributed by atoms with Gasteiger partial charge in [0.15, 0.2) is 0 Å². The van der Waals surface area contributed by atoms with E-state index in [1.807, 2.05) is 60.7 Å². The molecule has 1 aliphatic rings. The van der Waals surface area contributed by atoms with Crippen LogP contribution in [0.2, 0.25) is 0 Å². The topological polar surface area (TPSA) is 35.0 Å². The minimum Gasteiger partial charge on any atom is -0.457 e. The Balaban J connectivity index is 0.00000374. The molecular weight excluding hydrogens is 804 g/mol. The van der Waals surface area contributed by atoms with Crippen molar-refractivity contribution in [3.8, 4) is 56.3 Å². The molecule has 244 valence electrons. The van der Waals surface area contributed by atoms with E-state index in [0.29, 0.717) is 0 Å². The van der Waals surface area contributed by atoms with Gasteiger partial charge in [-0.2, -0.15) is 0 Å². The maximum Gasteiger partial charge on any atom is 2.00 e. The first-order valence-corrected chi connectivity index (χ1v) is 16.7. The van der Waals surface area contributed by atoms with Gasteiger partial charge < -0.3 is 4.74 Å². The molecule has 0 atom stereocenters. The van der Waals surface area contributed by atoms with Gasteiger partial charge in [-0.15, -0.1) is 71.8 Å². The molecule has 0 spiro atoms. The van der Waals surface area contributed by atoms with Crippen LogP contribution in [0.4, 0.5) is 0 Å². The Morgan fingerprint density at radius 2 is 0.863 bits per heavy atom. The maximum atomic E-state index is 6.82. The fourth-order valence-corrected chi connectivity index (χ4v) is 7.08. The molecule has 6 aromatic carbocycles. The second-order valence-electron chi connectivity index (χ2n) is 12.4. The van der Waals surface area contributed by atoms with Crippen LogP contribution in [0.5, 0.6) is 11.5 Å². The SMILES string of the molecule is [Pt+2].[c-]1ccccc1-c1cccc(C2(c3cccc(-c4[c-]cccc4)n3)c3cc(-c4ccccc4)ccc3Oc3ccc(-c4ccccc4)cc32)n1. The molecular formula is C47H30N2OPt. The first-order chi connectivity index (χ1) is 24.8. The van der Waals surface area contributed by atoms with Crippen LogP contribution < -0.4 is 4.74 Å². The third kappa shape index (κ3) is 5.80. The first kappa shape index (κ1) is 32.3. The summed E-state index contributed by atoms with van der Waals surface area (Å²) in [5, 5.41) is 0. The number of benzene rings is 6. The van der Waals surface area contributed by atoms with E-state index in [1.165, 1.54) is 0 Å². The number of rotatable bonds is 6. The molecule has 0 amide bonds. The van der Waals surface area contributed by atoms with E-state index in [4.69, 9.17) is 14.7 Å². The first-order valence-electron chi connectivity index (χ1n) is 16.7. The predicted molar refractivity (Wildman–Crippen MR) is 200 cm³/mol. The molecule has 0 fully saturated rings.